The molecule has 0 saturated heterocycles. The van der Waals surface area contributed by atoms with Gasteiger partial charge in [-0.1, -0.05) is 48.5 Å². The number of hydrogen-bond donors (Lipinski definition) is 0. The standard InChI is InChI=1S/C24H22FNO3/c1-26(23(27)14-8-17-7-13-21-22(15-17)29-16-28-21)24(18-5-3-2-4-6-18)19-9-11-20(25)12-10-19/h2-7,9-13,15,24H,8,14,16H2,1H3. The van der Waals surface area contributed by atoms with E-state index in [1.165, 1.54) is 12.1 Å². The molecular formula is C24H22FNO3. The first kappa shape index (κ1) is 19.0. The van der Waals surface area contributed by atoms with Gasteiger partial charge in [-0.05, 0) is 47.4 Å². The normalized spacial score (nSPS) is 13.2. The molecule has 1 unspecified atom stereocenters. The highest BCUT2D eigenvalue weighted by molar-refractivity contribution is 5.77. The molecule has 1 heterocycles. The quantitative estimate of drug-likeness (QED) is 0.610. The van der Waals surface area contributed by atoms with Gasteiger partial charge in [-0.25, -0.2) is 4.39 Å². The molecule has 0 fully saturated rings. The third kappa shape index (κ3) is 4.24. The molecule has 5 heteroatoms. The Morgan fingerprint density at radius 3 is 2.41 bits per heavy atom. The summed E-state index contributed by atoms with van der Waals surface area (Å²) in [5.74, 6) is 1.17. The number of fused-ring (bicyclic) bond motifs is 1. The Labute approximate surface area is 169 Å². The minimum Gasteiger partial charge on any atom is -0.454 e. The molecule has 148 valence electrons. The Morgan fingerprint density at radius 1 is 0.966 bits per heavy atom. The summed E-state index contributed by atoms with van der Waals surface area (Å²) in [5.41, 5.74) is 2.88. The molecule has 0 bridgehead atoms. The summed E-state index contributed by atoms with van der Waals surface area (Å²) in [6.07, 6.45) is 0.964. The molecule has 1 amide bonds. The van der Waals surface area contributed by atoms with Crippen LogP contribution in [0.3, 0.4) is 0 Å². The van der Waals surface area contributed by atoms with Crippen molar-refractivity contribution in [2.45, 2.75) is 18.9 Å². The van der Waals surface area contributed by atoms with Crippen LogP contribution in [0.15, 0.2) is 72.8 Å². The van der Waals surface area contributed by atoms with Crippen molar-refractivity contribution in [3.63, 3.8) is 0 Å². The average Bonchev–Trinajstić information content (AvgIpc) is 3.22. The Kier molecular flexibility index (Phi) is 5.47. The van der Waals surface area contributed by atoms with Gasteiger partial charge in [0, 0.05) is 13.5 Å². The molecule has 4 rings (SSSR count). The zero-order valence-corrected chi connectivity index (χ0v) is 16.2. The number of amides is 1. The lowest BCUT2D eigenvalue weighted by molar-refractivity contribution is -0.131. The number of rotatable bonds is 6. The summed E-state index contributed by atoms with van der Waals surface area (Å²) in [5, 5.41) is 0. The number of carbonyl (C=O) groups is 1. The zero-order valence-electron chi connectivity index (χ0n) is 16.2. The van der Waals surface area contributed by atoms with Crippen molar-refractivity contribution in [2.24, 2.45) is 0 Å². The predicted octanol–water partition coefficient (Wildman–Crippen LogP) is 4.74. The van der Waals surface area contributed by atoms with Gasteiger partial charge in [-0.3, -0.25) is 4.79 Å². The van der Waals surface area contributed by atoms with E-state index in [2.05, 4.69) is 0 Å². The van der Waals surface area contributed by atoms with Crippen LogP contribution in [0.4, 0.5) is 4.39 Å². The zero-order chi connectivity index (χ0) is 20.2. The van der Waals surface area contributed by atoms with Crippen LogP contribution in [0.2, 0.25) is 0 Å². The second-order valence-corrected chi connectivity index (χ2v) is 7.06. The minimum absolute atomic E-state index is 0.0147. The van der Waals surface area contributed by atoms with Gasteiger partial charge >= 0.3 is 0 Å². The monoisotopic (exact) mass is 391 g/mol. The highest BCUT2D eigenvalue weighted by Crippen LogP contribution is 2.33. The Bertz CT molecular complexity index is 989. The number of halogens is 1. The van der Waals surface area contributed by atoms with Crippen molar-refractivity contribution >= 4 is 5.91 Å². The van der Waals surface area contributed by atoms with Gasteiger partial charge in [0.2, 0.25) is 12.7 Å². The van der Waals surface area contributed by atoms with E-state index in [1.807, 2.05) is 48.5 Å². The van der Waals surface area contributed by atoms with Crippen molar-refractivity contribution in [2.75, 3.05) is 13.8 Å². The smallest absolute Gasteiger partial charge is 0.231 e. The second kappa shape index (κ2) is 8.35. The van der Waals surface area contributed by atoms with Gasteiger partial charge < -0.3 is 14.4 Å². The fourth-order valence-electron chi connectivity index (χ4n) is 3.59. The van der Waals surface area contributed by atoms with Gasteiger partial charge in [0.1, 0.15) is 5.82 Å². The van der Waals surface area contributed by atoms with Crippen LogP contribution in [0.1, 0.15) is 29.2 Å². The molecule has 3 aromatic carbocycles. The van der Waals surface area contributed by atoms with E-state index in [-0.39, 0.29) is 24.6 Å². The maximum Gasteiger partial charge on any atom is 0.231 e. The number of carbonyl (C=O) groups excluding carboxylic acids is 1. The fraction of sp³-hybridized carbons (Fsp3) is 0.208. The van der Waals surface area contributed by atoms with Crippen molar-refractivity contribution in [3.8, 4) is 11.5 Å². The average molecular weight is 391 g/mol. The van der Waals surface area contributed by atoms with Gasteiger partial charge in [-0.2, -0.15) is 0 Å². The summed E-state index contributed by atoms with van der Waals surface area (Å²) in [6, 6.07) is 21.6. The lowest BCUT2D eigenvalue weighted by atomic mass is 9.96. The van der Waals surface area contributed by atoms with Gasteiger partial charge in [0.25, 0.3) is 0 Å². The molecule has 0 radical (unpaired) electrons. The van der Waals surface area contributed by atoms with E-state index in [0.717, 1.165) is 28.2 Å². The highest BCUT2D eigenvalue weighted by Gasteiger charge is 2.23. The topological polar surface area (TPSA) is 38.8 Å². The Balaban J connectivity index is 1.51. The summed E-state index contributed by atoms with van der Waals surface area (Å²) in [4.78, 5) is 14.7. The molecule has 29 heavy (non-hydrogen) atoms. The van der Waals surface area contributed by atoms with E-state index in [0.29, 0.717) is 12.8 Å². The van der Waals surface area contributed by atoms with Gasteiger partial charge in [0.15, 0.2) is 11.5 Å². The molecule has 0 spiro atoms. The molecular weight excluding hydrogens is 369 g/mol. The van der Waals surface area contributed by atoms with E-state index in [4.69, 9.17) is 9.47 Å². The number of hydrogen-bond acceptors (Lipinski definition) is 3. The first-order valence-electron chi connectivity index (χ1n) is 9.56. The van der Waals surface area contributed by atoms with Crippen molar-refractivity contribution in [1.29, 1.82) is 0 Å². The molecule has 0 N–H and O–H groups in total. The van der Waals surface area contributed by atoms with Gasteiger partial charge in [-0.15, -0.1) is 0 Å². The van der Waals surface area contributed by atoms with Crippen LogP contribution < -0.4 is 9.47 Å². The maximum atomic E-state index is 13.4. The molecule has 1 aliphatic rings. The molecule has 3 aromatic rings. The Morgan fingerprint density at radius 2 is 1.66 bits per heavy atom. The largest absolute Gasteiger partial charge is 0.454 e. The van der Waals surface area contributed by atoms with E-state index < -0.39 is 0 Å². The second-order valence-electron chi connectivity index (χ2n) is 7.06. The summed E-state index contributed by atoms with van der Waals surface area (Å²) in [7, 11) is 1.79. The lowest BCUT2D eigenvalue weighted by Crippen LogP contribution is -2.32. The molecule has 0 aromatic heterocycles. The third-order valence-electron chi connectivity index (χ3n) is 5.15. The summed E-state index contributed by atoms with van der Waals surface area (Å²) < 4.78 is 24.2. The number of benzene rings is 3. The third-order valence-corrected chi connectivity index (χ3v) is 5.15. The van der Waals surface area contributed by atoms with Crippen LogP contribution in [-0.4, -0.2) is 24.6 Å². The maximum absolute atomic E-state index is 13.4. The Hall–Kier alpha value is -3.34. The van der Waals surface area contributed by atoms with Crippen molar-refractivity contribution in [3.05, 3.63) is 95.3 Å². The molecule has 4 nitrogen and oxygen atoms in total. The van der Waals surface area contributed by atoms with Crippen LogP contribution >= 0.6 is 0 Å². The highest BCUT2D eigenvalue weighted by atomic mass is 19.1. The first-order chi connectivity index (χ1) is 14.1. The van der Waals surface area contributed by atoms with E-state index in [9.17, 15) is 9.18 Å². The summed E-state index contributed by atoms with van der Waals surface area (Å²) >= 11 is 0. The number of ether oxygens (including phenoxy) is 2. The van der Waals surface area contributed by atoms with Crippen molar-refractivity contribution in [1.82, 2.24) is 4.90 Å². The lowest BCUT2D eigenvalue weighted by Gasteiger charge is -2.29. The summed E-state index contributed by atoms with van der Waals surface area (Å²) in [6.45, 7) is 0.233. The number of nitrogens with zero attached hydrogens (tertiary/aromatic N) is 1. The predicted molar refractivity (Wildman–Crippen MR) is 108 cm³/mol. The molecule has 0 saturated carbocycles. The fourth-order valence-corrected chi connectivity index (χ4v) is 3.59. The van der Waals surface area contributed by atoms with Crippen molar-refractivity contribution < 1.29 is 18.7 Å². The molecule has 0 aliphatic carbocycles. The SMILES string of the molecule is CN(C(=O)CCc1ccc2c(c1)OCO2)C(c1ccccc1)c1ccc(F)cc1. The molecule has 1 atom stereocenters. The van der Waals surface area contributed by atoms with E-state index in [1.54, 1.807) is 24.1 Å². The number of aryl methyl sites for hydroxylation is 1. The molecule has 1 aliphatic heterocycles. The van der Waals surface area contributed by atoms with Crippen LogP contribution in [0, 0.1) is 5.82 Å². The minimum atomic E-state index is -0.294. The van der Waals surface area contributed by atoms with Crippen LogP contribution in [-0.2, 0) is 11.2 Å². The van der Waals surface area contributed by atoms with Crippen LogP contribution in [0.25, 0.3) is 0 Å². The van der Waals surface area contributed by atoms with Crippen LogP contribution in [0.5, 0.6) is 11.5 Å². The first-order valence-corrected chi connectivity index (χ1v) is 9.56. The van der Waals surface area contributed by atoms with Gasteiger partial charge in [0.05, 0.1) is 6.04 Å². The van der Waals surface area contributed by atoms with E-state index >= 15 is 0 Å².